The molecule has 0 amide bonds. The molecule has 0 bridgehead atoms. The minimum absolute atomic E-state index is 0.271. The molecule has 110 valence electrons. The predicted molar refractivity (Wildman–Crippen MR) is 81.3 cm³/mol. The van der Waals surface area contributed by atoms with Crippen LogP contribution in [0.2, 0.25) is 0 Å². The molecule has 0 aromatic heterocycles. The number of rotatable bonds is 9. The fourth-order valence-electron chi connectivity index (χ4n) is 2.06. The lowest BCUT2D eigenvalue weighted by atomic mass is 10.1. The number of nitrogens with zero attached hydrogens (tertiary/aromatic N) is 2. The van der Waals surface area contributed by atoms with E-state index in [1.165, 1.54) is 5.56 Å². The van der Waals surface area contributed by atoms with Crippen LogP contribution in [-0.4, -0.2) is 38.3 Å². The number of ether oxygens (including phenoxy) is 1. The highest BCUT2D eigenvalue weighted by Crippen LogP contribution is 2.14. The van der Waals surface area contributed by atoms with Crippen LogP contribution in [0.15, 0.2) is 24.3 Å². The van der Waals surface area contributed by atoms with E-state index >= 15 is 0 Å². The van der Waals surface area contributed by atoms with Crippen molar-refractivity contribution in [2.75, 3.05) is 33.4 Å². The van der Waals surface area contributed by atoms with Crippen molar-refractivity contribution in [1.82, 2.24) is 10.2 Å². The van der Waals surface area contributed by atoms with Crippen molar-refractivity contribution in [2.45, 2.75) is 26.4 Å². The first-order chi connectivity index (χ1) is 9.74. The van der Waals surface area contributed by atoms with Crippen LogP contribution in [0, 0.1) is 11.3 Å². The van der Waals surface area contributed by atoms with E-state index in [-0.39, 0.29) is 6.04 Å². The molecule has 20 heavy (non-hydrogen) atoms. The third kappa shape index (κ3) is 5.30. The van der Waals surface area contributed by atoms with E-state index in [1.54, 1.807) is 7.11 Å². The molecule has 0 saturated heterocycles. The van der Waals surface area contributed by atoms with Gasteiger partial charge in [-0.25, -0.2) is 0 Å². The molecule has 4 nitrogen and oxygen atoms in total. The summed E-state index contributed by atoms with van der Waals surface area (Å²) in [4.78, 5) is 2.37. The van der Waals surface area contributed by atoms with Crippen molar-refractivity contribution in [3.05, 3.63) is 35.4 Å². The Balaban J connectivity index is 2.62. The average Bonchev–Trinajstić information content (AvgIpc) is 2.50. The lowest BCUT2D eigenvalue weighted by molar-refractivity contribution is 0.198. The number of nitriles is 1. The summed E-state index contributed by atoms with van der Waals surface area (Å²) in [6.07, 6.45) is 0. The molecular formula is C16H25N3O. The van der Waals surface area contributed by atoms with E-state index in [1.807, 2.05) is 12.1 Å². The minimum atomic E-state index is -0.271. The molecule has 0 fully saturated rings. The average molecular weight is 275 g/mol. The molecule has 0 aliphatic rings. The molecule has 1 N–H and O–H groups in total. The first-order valence-corrected chi connectivity index (χ1v) is 7.18. The normalized spacial score (nSPS) is 12.3. The van der Waals surface area contributed by atoms with Gasteiger partial charge in [0.15, 0.2) is 0 Å². The van der Waals surface area contributed by atoms with Crippen LogP contribution < -0.4 is 5.32 Å². The first-order valence-electron chi connectivity index (χ1n) is 7.18. The summed E-state index contributed by atoms with van der Waals surface area (Å²) in [7, 11) is 1.66. The Kier molecular flexibility index (Phi) is 7.89. The second-order valence-electron chi connectivity index (χ2n) is 4.71. The predicted octanol–water partition coefficient (Wildman–Crippen LogP) is 2.33. The summed E-state index contributed by atoms with van der Waals surface area (Å²) < 4.78 is 4.98. The molecule has 0 radical (unpaired) electrons. The number of hydrogen-bond donors (Lipinski definition) is 1. The molecular weight excluding hydrogens is 250 g/mol. The number of methoxy groups -OCH3 is 1. The quantitative estimate of drug-likeness (QED) is 0.703. The molecule has 1 aromatic rings. The van der Waals surface area contributed by atoms with Crippen LogP contribution in [0.25, 0.3) is 0 Å². The van der Waals surface area contributed by atoms with Gasteiger partial charge in [0, 0.05) is 20.2 Å². The van der Waals surface area contributed by atoms with E-state index in [0.29, 0.717) is 13.2 Å². The molecule has 1 unspecified atom stereocenters. The summed E-state index contributed by atoms with van der Waals surface area (Å²) in [5, 5.41) is 12.4. The van der Waals surface area contributed by atoms with Gasteiger partial charge in [0.2, 0.25) is 0 Å². The van der Waals surface area contributed by atoms with E-state index in [4.69, 9.17) is 4.74 Å². The van der Waals surface area contributed by atoms with Crippen LogP contribution in [0.1, 0.15) is 31.0 Å². The highest BCUT2D eigenvalue weighted by molar-refractivity contribution is 5.28. The summed E-state index contributed by atoms with van der Waals surface area (Å²) in [5.41, 5.74) is 2.29. The summed E-state index contributed by atoms with van der Waals surface area (Å²) in [5.74, 6) is 0. The summed E-state index contributed by atoms with van der Waals surface area (Å²) in [6.45, 7) is 8.69. The van der Waals surface area contributed by atoms with Gasteiger partial charge in [-0.3, -0.25) is 10.2 Å². The minimum Gasteiger partial charge on any atom is -0.383 e. The Bertz CT molecular complexity index is 407. The first kappa shape index (κ1) is 16.6. The topological polar surface area (TPSA) is 48.3 Å². The van der Waals surface area contributed by atoms with Gasteiger partial charge >= 0.3 is 0 Å². The maximum absolute atomic E-state index is 9.21. The molecule has 0 heterocycles. The van der Waals surface area contributed by atoms with Gasteiger partial charge in [-0.15, -0.1) is 0 Å². The second kappa shape index (κ2) is 9.49. The highest BCUT2D eigenvalue weighted by atomic mass is 16.5. The number of hydrogen-bond acceptors (Lipinski definition) is 4. The monoisotopic (exact) mass is 275 g/mol. The Morgan fingerprint density at radius 2 is 1.90 bits per heavy atom. The second-order valence-corrected chi connectivity index (χ2v) is 4.71. The van der Waals surface area contributed by atoms with Gasteiger partial charge in [0.25, 0.3) is 0 Å². The summed E-state index contributed by atoms with van der Waals surface area (Å²) in [6, 6.07) is 10.3. The SMILES string of the molecule is CCN(CC)Cc1ccc(C(C#N)NCCOC)cc1. The van der Waals surface area contributed by atoms with Crippen molar-refractivity contribution >= 4 is 0 Å². The smallest absolute Gasteiger partial charge is 0.121 e. The van der Waals surface area contributed by atoms with Crippen molar-refractivity contribution < 1.29 is 4.74 Å². The molecule has 0 aliphatic carbocycles. The maximum atomic E-state index is 9.21. The Morgan fingerprint density at radius 1 is 1.25 bits per heavy atom. The highest BCUT2D eigenvalue weighted by Gasteiger charge is 2.09. The van der Waals surface area contributed by atoms with Crippen molar-refractivity contribution in [2.24, 2.45) is 0 Å². The van der Waals surface area contributed by atoms with Crippen LogP contribution in [-0.2, 0) is 11.3 Å². The molecule has 1 aromatic carbocycles. The van der Waals surface area contributed by atoms with Gasteiger partial charge in [-0.1, -0.05) is 38.1 Å². The Labute approximate surface area is 122 Å². The van der Waals surface area contributed by atoms with Gasteiger partial charge in [0.1, 0.15) is 6.04 Å². The molecule has 1 atom stereocenters. The molecule has 0 saturated carbocycles. The standard InChI is InChI=1S/C16H25N3O/c1-4-19(5-2)13-14-6-8-15(9-7-14)16(12-17)18-10-11-20-3/h6-9,16,18H,4-5,10-11,13H2,1-3H3. The number of nitrogens with one attached hydrogen (secondary N) is 1. The summed E-state index contributed by atoms with van der Waals surface area (Å²) >= 11 is 0. The van der Waals surface area contributed by atoms with Crippen LogP contribution in [0.3, 0.4) is 0 Å². The third-order valence-electron chi connectivity index (χ3n) is 3.40. The number of benzene rings is 1. The largest absolute Gasteiger partial charge is 0.383 e. The van der Waals surface area contributed by atoms with Gasteiger partial charge < -0.3 is 4.74 Å². The zero-order valence-corrected chi connectivity index (χ0v) is 12.7. The van der Waals surface area contributed by atoms with Gasteiger partial charge in [-0.2, -0.15) is 5.26 Å². The Morgan fingerprint density at radius 3 is 2.40 bits per heavy atom. The molecule has 1 rings (SSSR count). The van der Waals surface area contributed by atoms with E-state index in [0.717, 1.165) is 25.2 Å². The molecule has 0 spiro atoms. The molecule has 4 heteroatoms. The molecule has 0 aliphatic heterocycles. The fourth-order valence-corrected chi connectivity index (χ4v) is 2.06. The zero-order valence-electron chi connectivity index (χ0n) is 12.7. The van der Waals surface area contributed by atoms with Gasteiger partial charge in [-0.05, 0) is 24.2 Å². The third-order valence-corrected chi connectivity index (χ3v) is 3.40. The Hall–Kier alpha value is -1.41. The van der Waals surface area contributed by atoms with Crippen molar-refractivity contribution in [1.29, 1.82) is 5.26 Å². The van der Waals surface area contributed by atoms with E-state index in [2.05, 4.69) is 42.3 Å². The van der Waals surface area contributed by atoms with Crippen LogP contribution in [0.5, 0.6) is 0 Å². The maximum Gasteiger partial charge on any atom is 0.121 e. The lowest BCUT2D eigenvalue weighted by Gasteiger charge is -2.18. The zero-order chi connectivity index (χ0) is 14.8. The van der Waals surface area contributed by atoms with Gasteiger partial charge in [0.05, 0.1) is 12.7 Å². The van der Waals surface area contributed by atoms with Crippen LogP contribution in [0.4, 0.5) is 0 Å². The van der Waals surface area contributed by atoms with Crippen LogP contribution >= 0.6 is 0 Å². The fraction of sp³-hybridized carbons (Fsp3) is 0.562. The lowest BCUT2D eigenvalue weighted by Crippen LogP contribution is -2.24. The van der Waals surface area contributed by atoms with E-state index in [9.17, 15) is 5.26 Å². The van der Waals surface area contributed by atoms with Crippen molar-refractivity contribution in [3.8, 4) is 6.07 Å². The van der Waals surface area contributed by atoms with E-state index < -0.39 is 0 Å². The van der Waals surface area contributed by atoms with Crippen molar-refractivity contribution in [3.63, 3.8) is 0 Å².